The molecule has 0 aromatic heterocycles. The van der Waals surface area contributed by atoms with Gasteiger partial charge in [0.2, 0.25) is 0 Å². The monoisotopic (exact) mass is 316 g/mol. The van der Waals surface area contributed by atoms with Crippen LogP contribution >= 0.6 is 8.60 Å². The molecule has 0 unspecified atom stereocenters. The largest absolute Gasteiger partial charge is 1.00 e. The normalized spacial score (nSPS) is 9.83. The molecular formula is C16H15Li2O4P. The third-order valence-corrected chi connectivity index (χ3v) is 3.71. The van der Waals surface area contributed by atoms with Gasteiger partial charge in [0.1, 0.15) is 0 Å². The maximum atomic E-state index is 12.0. The Labute approximate surface area is 161 Å². The van der Waals surface area contributed by atoms with Gasteiger partial charge in [0.25, 0.3) is 0 Å². The fraction of sp³-hybridized carbons (Fsp3) is 0.188. The van der Waals surface area contributed by atoms with Crippen molar-refractivity contribution < 1.29 is 56.8 Å². The molecule has 110 valence electrons. The van der Waals surface area contributed by atoms with Gasteiger partial charge in [-0.2, -0.15) is 0 Å². The summed E-state index contributed by atoms with van der Waals surface area (Å²) in [4.78, 5) is 33.2. The molecule has 0 bridgehead atoms. The van der Waals surface area contributed by atoms with Gasteiger partial charge < -0.3 is 14.3 Å². The molecule has 0 radical (unpaired) electrons. The molecule has 0 saturated heterocycles. The zero-order valence-electron chi connectivity index (χ0n) is 14.0. The van der Waals surface area contributed by atoms with E-state index in [-0.39, 0.29) is 37.7 Å². The first kappa shape index (κ1) is 22.5. The maximum Gasteiger partial charge on any atom is 1.00 e. The van der Waals surface area contributed by atoms with Gasteiger partial charge >= 0.3 is 43.7 Å². The van der Waals surface area contributed by atoms with Crippen LogP contribution < -0.4 is 47.5 Å². The van der Waals surface area contributed by atoms with Gasteiger partial charge in [0.15, 0.2) is 0 Å². The molecule has 2 aromatic rings. The molecule has 0 heterocycles. The summed E-state index contributed by atoms with van der Waals surface area (Å²) in [6.45, 7) is 5.53. The van der Waals surface area contributed by atoms with Crippen molar-refractivity contribution in [3.8, 4) is 11.1 Å². The van der Waals surface area contributed by atoms with Crippen LogP contribution in [0.15, 0.2) is 36.4 Å². The first-order valence-electron chi connectivity index (χ1n) is 6.44. The molecule has 0 aliphatic heterocycles. The van der Waals surface area contributed by atoms with Crippen LogP contribution in [0.5, 0.6) is 0 Å². The van der Waals surface area contributed by atoms with Crippen molar-refractivity contribution in [3.63, 3.8) is 0 Å². The standard InChI is InChI=1S/C16H15O4P.2Li/c1-10-9-11(2)15(16(17)20-21(18)19)12(3)14(10)13-7-5-4-6-8-13;;/h4-9H,1-3H3;;/q-2;2*+1. The molecule has 2 aromatic carbocycles. The predicted molar refractivity (Wildman–Crippen MR) is 78.4 cm³/mol. The van der Waals surface area contributed by atoms with Crippen molar-refractivity contribution >= 4 is 14.6 Å². The smallest absolute Gasteiger partial charge is 0.810 e. The van der Waals surface area contributed by atoms with Gasteiger partial charge in [-0.25, -0.2) is 4.79 Å². The van der Waals surface area contributed by atoms with Crippen molar-refractivity contribution in [1.82, 2.24) is 0 Å². The summed E-state index contributed by atoms with van der Waals surface area (Å²) in [5, 5.41) is 0. The summed E-state index contributed by atoms with van der Waals surface area (Å²) < 4.78 is 4.34. The molecule has 0 atom stereocenters. The molecular weight excluding hydrogens is 301 g/mol. The number of carbonyl (C=O) groups is 1. The minimum Gasteiger partial charge on any atom is -0.810 e. The summed E-state index contributed by atoms with van der Waals surface area (Å²) in [6.07, 6.45) is 0. The minimum atomic E-state index is -3.21. The van der Waals surface area contributed by atoms with Crippen LogP contribution in [0, 0.1) is 20.8 Å². The van der Waals surface area contributed by atoms with E-state index in [0.29, 0.717) is 11.1 Å². The second-order valence-electron chi connectivity index (χ2n) is 4.85. The van der Waals surface area contributed by atoms with Gasteiger partial charge in [-0.1, -0.05) is 45.0 Å². The Morgan fingerprint density at radius 2 is 1.57 bits per heavy atom. The summed E-state index contributed by atoms with van der Waals surface area (Å²) in [7, 11) is -3.21. The maximum absolute atomic E-state index is 12.0. The van der Waals surface area contributed by atoms with E-state index in [2.05, 4.69) is 4.52 Å². The van der Waals surface area contributed by atoms with Crippen LogP contribution in [-0.2, 0) is 4.52 Å². The van der Waals surface area contributed by atoms with Crippen LogP contribution in [-0.4, -0.2) is 5.97 Å². The average Bonchev–Trinajstić information content (AvgIpc) is 2.38. The van der Waals surface area contributed by atoms with Crippen LogP contribution in [0.2, 0.25) is 0 Å². The molecule has 0 amide bonds. The van der Waals surface area contributed by atoms with Gasteiger partial charge in [-0.05, 0) is 48.6 Å². The van der Waals surface area contributed by atoms with Crippen LogP contribution in [0.3, 0.4) is 0 Å². The Bertz CT molecular complexity index is 676. The summed E-state index contributed by atoms with van der Waals surface area (Å²) >= 11 is 0. The van der Waals surface area contributed by atoms with Crippen LogP contribution in [0.4, 0.5) is 0 Å². The minimum absolute atomic E-state index is 0. The molecule has 0 fully saturated rings. The fourth-order valence-corrected chi connectivity index (χ4v) is 2.89. The van der Waals surface area contributed by atoms with Crippen molar-refractivity contribution in [3.05, 3.63) is 58.7 Å². The third kappa shape index (κ3) is 5.22. The topological polar surface area (TPSA) is 72.4 Å². The molecule has 23 heavy (non-hydrogen) atoms. The quantitative estimate of drug-likeness (QED) is 0.433. The number of hydrogen-bond donors (Lipinski definition) is 0. The zero-order valence-corrected chi connectivity index (χ0v) is 14.9. The van der Waals surface area contributed by atoms with E-state index in [0.717, 1.165) is 22.3 Å². The molecule has 0 spiro atoms. The zero-order chi connectivity index (χ0) is 15.6. The van der Waals surface area contributed by atoms with E-state index in [1.165, 1.54) is 0 Å². The van der Waals surface area contributed by atoms with Crippen molar-refractivity contribution in [1.29, 1.82) is 0 Å². The number of aryl methyl sites for hydroxylation is 2. The molecule has 2 rings (SSSR count). The second-order valence-corrected chi connectivity index (χ2v) is 5.48. The average molecular weight is 316 g/mol. The first-order chi connectivity index (χ1) is 9.91. The second kappa shape index (κ2) is 9.68. The SMILES string of the molecule is Cc1cc(C)c(-c2ccccc2)c(C)c1C(=O)OP([O-])[O-].[Li+].[Li+]. The number of rotatable bonds is 3. The van der Waals surface area contributed by atoms with Gasteiger partial charge in [0, 0.05) is 0 Å². The predicted octanol–water partition coefficient (Wildman–Crippen LogP) is -3.61. The summed E-state index contributed by atoms with van der Waals surface area (Å²) in [5.41, 5.74) is 4.66. The summed E-state index contributed by atoms with van der Waals surface area (Å²) in [6, 6.07) is 11.5. The Balaban J connectivity index is 0.00000242. The third-order valence-electron chi connectivity index (χ3n) is 3.40. The number of hydrogen-bond acceptors (Lipinski definition) is 4. The van der Waals surface area contributed by atoms with Crippen molar-refractivity contribution in [2.75, 3.05) is 0 Å². The number of carbonyl (C=O) groups excluding carboxylic acids is 1. The Morgan fingerprint density at radius 3 is 2.09 bits per heavy atom. The first-order valence-corrected chi connectivity index (χ1v) is 7.54. The molecule has 0 N–H and O–H groups in total. The molecule has 0 aliphatic rings. The van der Waals surface area contributed by atoms with E-state index in [4.69, 9.17) is 0 Å². The van der Waals surface area contributed by atoms with E-state index >= 15 is 0 Å². The number of benzene rings is 2. The van der Waals surface area contributed by atoms with Gasteiger partial charge in [-0.3, -0.25) is 0 Å². The van der Waals surface area contributed by atoms with Crippen LogP contribution in [0.25, 0.3) is 11.1 Å². The Morgan fingerprint density at radius 1 is 1.00 bits per heavy atom. The fourth-order valence-electron chi connectivity index (χ4n) is 2.66. The van der Waals surface area contributed by atoms with Crippen molar-refractivity contribution in [2.24, 2.45) is 0 Å². The molecule has 7 heteroatoms. The van der Waals surface area contributed by atoms with Gasteiger partial charge in [0.05, 0.1) is 5.56 Å². The molecule has 0 saturated carbocycles. The summed E-state index contributed by atoms with van der Waals surface area (Å²) in [5.74, 6) is -0.835. The van der Waals surface area contributed by atoms with Gasteiger partial charge in [-0.15, -0.1) is 0 Å². The van der Waals surface area contributed by atoms with E-state index in [1.54, 1.807) is 13.8 Å². The Hall–Kier alpha value is -0.545. The van der Waals surface area contributed by atoms with E-state index in [1.807, 2.05) is 43.3 Å². The molecule has 4 nitrogen and oxygen atoms in total. The van der Waals surface area contributed by atoms with Crippen LogP contribution in [0.1, 0.15) is 27.0 Å². The molecule has 0 aliphatic carbocycles. The van der Waals surface area contributed by atoms with E-state index < -0.39 is 14.6 Å². The Kier molecular flexibility index (Phi) is 9.45. The van der Waals surface area contributed by atoms with Crippen molar-refractivity contribution in [2.45, 2.75) is 20.8 Å². The van der Waals surface area contributed by atoms with E-state index in [9.17, 15) is 14.6 Å².